The molecule has 0 amide bonds. The molecule has 0 radical (unpaired) electrons. The Kier molecular flexibility index (Phi) is 1.84. The van der Waals surface area contributed by atoms with Crippen LogP contribution in [-0.2, 0) is 0 Å². The summed E-state index contributed by atoms with van der Waals surface area (Å²) in [5, 5.41) is 8.73. The van der Waals surface area contributed by atoms with E-state index in [1.165, 1.54) is 17.3 Å². The van der Waals surface area contributed by atoms with Gasteiger partial charge in [0.05, 0.1) is 5.57 Å². The molecule has 1 aliphatic rings. The van der Waals surface area contributed by atoms with Crippen molar-refractivity contribution in [3.8, 4) is 11.1 Å². The maximum Gasteiger partial charge on any atom is 0.358 e. The van der Waals surface area contributed by atoms with Crippen LogP contribution >= 0.6 is 0 Å². The molecule has 0 saturated heterocycles. The highest BCUT2D eigenvalue weighted by molar-refractivity contribution is 6.01. The van der Waals surface area contributed by atoms with Crippen LogP contribution in [0.5, 0.6) is 0 Å². The van der Waals surface area contributed by atoms with Gasteiger partial charge in [-0.2, -0.15) is 0 Å². The molecule has 0 bridgehead atoms. The summed E-state index contributed by atoms with van der Waals surface area (Å²) in [4.78, 5) is 3.15. The molecule has 2 heteroatoms. The summed E-state index contributed by atoms with van der Waals surface area (Å²) >= 11 is 0. The van der Waals surface area contributed by atoms with Crippen molar-refractivity contribution in [3.05, 3.63) is 70.8 Å². The zero-order chi connectivity index (χ0) is 11.0. The van der Waals surface area contributed by atoms with Crippen molar-refractivity contribution in [2.75, 3.05) is 0 Å². The van der Waals surface area contributed by atoms with E-state index in [1.807, 2.05) is 36.4 Å². The quantitative estimate of drug-likeness (QED) is 0.511. The standard InChI is InChI=1S/C14H9N2/c15-16-9-14-12-7-3-1-5-10(12)11-6-2-4-8-13(11)14/h1-9H/q+1. The second-order valence-corrected chi connectivity index (χ2v) is 3.75. The summed E-state index contributed by atoms with van der Waals surface area (Å²) in [6, 6.07) is 16.3. The lowest BCUT2D eigenvalue weighted by molar-refractivity contribution is 1.47. The molecule has 0 atom stereocenters. The van der Waals surface area contributed by atoms with E-state index in [9.17, 15) is 0 Å². The van der Waals surface area contributed by atoms with Crippen molar-refractivity contribution in [1.82, 2.24) is 0 Å². The smallest absolute Gasteiger partial charge is 0.0616 e. The van der Waals surface area contributed by atoms with Gasteiger partial charge in [0.2, 0.25) is 5.39 Å². The highest BCUT2D eigenvalue weighted by Crippen LogP contribution is 2.43. The van der Waals surface area contributed by atoms with Crippen molar-refractivity contribution in [2.24, 2.45) is 0 Å². The molecule has 74 valence electrons. The van der Waals surface area contributed by atoms with E-state index in [4.69, 9.17) is 5.39 Å². The number of rotatable bonds is 0. The molecule has 2 aromatic rings. The molecule has 1 aliphatic carbocycles. The fraction of sp³-hybridized carbons (Fsp3) is 0. The molecule has 0 spiro atoms. The Balaban J connectivity index is 2.40. The Morgan fingerprint density at radius 2 is 1.19 bits per heavy atom. The van der Waals surface area contributed by atoms with Gasteiger partial charge in [-0.1, -0.05) is 48.5 Å². The molecule has 0 fully saturated rings. The van der Waals surface area contributed by atoms with Gasteiger partial charge >= 0.3 is 6.20 Å². The summed E-state index contributed by atoms with van der Waals surface area (Å²) in [5.41, 5.74) is 5.64. The Bertz CT molecular complexity index is 586. The fourth-order valence-corrected chi connectivity index (χ4v) is 2.25. The highest BCUT2D eigenvalue weighted by atomic mass is 14.8. The van der Waals surface area contributed by atoms with E-state index in [0.29, 0.717) is 0 Å². The van der Waals surface area contributed by atoms with Gasteiger partial charge in [0, 0.05) is 0 Å². The number of nitrogens with zero attached hydrogens (tertiary/aromatic N) is 2. The largest absolute Gasteiger partial charge is 0.358 e. The zero-order valence-corrected chi connectivity index (χ0v) is 8.59. The predicted molar refractivity (Wildman–Crippen MR) is 64.0 cm³/mol. The number of benzene rings is 2. The molecule has 0 aromatic heterocycles. The van der Waals surface area contributed by atoms with Crippen LogP contribution in [0.2, 0.25) is 0 Å². The van der Waals surface area contributed by atoms with Gasteiger partial charge in [-0.15, -0.1) is 0 Å². The van der Waals surface area contributed by atoms with Crippen molar-refractivity contribution in [1.29, 1.82) is 5.39 Å². The van der Waals surface area contributed by atoms with Gasteiger partial charge in [-0.3, -0.25) is 0 Å². The second kappa shape index (κ2) is 3.32. The summed E-state index contributed by atoms with van der Waals surface area (Å²) in [6.45, 7) is 0. The third kappa shape index (κ3) is 1.09. The molecule has 0 aliphatic heterocycles. The average Bonchev–Trinajstić information content (AvgIpc) is 2.66. The van der Waals surface area contributed by atoms with Gasteiger partial charge in [0.15, 0.2) is 4.98 Å². The molecular weight excluding hydrogens is 196 g/mol. The molecule has 16 heavy (non-hydrogen) atoms. The first-order valence-electron chi connectivity index (χ1n) is 5.15. The van der Waals surface area contributed by atoms with Crippen molar-refractivity contribution < 1.29 is 0 Å². The van der Waals surface area contributed by atoms with Gasteiger partial charge < -0.3 is 0 Å². The first-order chi connectivity index (χ1) is 7.92. The van der Waals surface area contributed by atoms with Crippen molar-refractivity contribution in [3.63, 3.8) is 0 Å². The highest BCUT2D eigenvalue weighted by Gasteiger charge is 2.24. The number of hydrogen-bond donors (Lipinski definition) is 0. The van der Waals surface area contributed by atoms with Gasteiger partial charge in [0.25, 0.3) is 0 Å². The average molecular weight is 205 g/mol. The zero-order valence-electron chi connectivity index (χ0n) is 8.59. The third-order valence-corrected chi connectivity index (χ3v) is 2.91. The normalized spacial score (nSPS) is 11.6. The van der Waals surface area contributed by atoms with Gasteiger partial charge in [-0.25, -0.2) is 0 Å². The maximum absolute atomic E-state index is 8.73. The first-order valence-corrected chi connectivity index (χ1v) is 5.15. The maximum atomic E-state index is 8.73. The minimum atomic E-state index is 0.980. The van der Waals surface area contributed by atoms with E-state index in [1.54, 1.807) is 0 Å². The molecule has 2 nitrogen and oxygen atoms in total. The lowest BCUT2D eigenvalue weighted by atomic mass is 10.1. The summed E-state index contributed by atoms with van der Waals surface area (Å²) in [6.07, 6.45) is 1.50. The number of diazo groups is 1. The Morgan fingerprint density at radius 1 is 0.750 bits per heavy atom. The minimum Gasteiger partial charge on any atom is -0.0616 e. The minimum absolute atomic E-state index is 0.980. The third-order valence-electron chi connectivity index (χ3n) is 2.91. The first kappa shape index (κ1) is 8.87. The molecule has 0 unspecified atom stereocenters. The van der Waals surface area contributed by atoms with E-state index < -0.39 is 0 Å². The Labute approximate surface area is 93.5 Å². The van der Waals surface area contributed by atoms with E-state index in [-0.39, 0.29) is 0 Å². The van der Waals surface area contributed by atoms with Crippen LogP contribution in [0.25, 0.3) is 21.7 Å². The SMILES string of the molecule is N#[N+]C=C1c2ccccc2-c2ccccc21. The molecule has 0 heterocycles. The predicted octanol–water partition coefficient (Wildman–Crippen LogP) is 3.91. The van der Waals surface area contributed by atoms with Crippen LogP contribution < -0.4 is 0 Å². The Morgan fingerprint density at radius 3 is 1.62 bits per heavy atom. The summed E-state index contributed by atoms with van der Waals surface area (Å²) in [7, 11) is 0. The monoisotopic (exact) mass is 205 g/mol. The fourth-order valence-electron chi connectivity index (χ4n) is 2.25. The molecule has 0 N–H and O–H groups in total. The second-order valence-electron chi connectivity index (χ2n) is 3.75. The van der Waals surface area contributed by atoms with Crippen LogP contribution in [0, 0.1) is 5.39 Å². The molecule has 3 rings (SSSR count). The van der Waals surface area contributed by atoms with E-state index in [0.717, 1.165) is 16.7 Å². The lowest BCUT2D eigenvalue weighted by Crippen LogP contribution is -1.78. The Hall–Kier alpha value is -2.40. The summed E-state index contributed by atoms with van der Waals surface area (Å²) in [5.74, 6) is 0. The lowest BCUT2D eigenvalue weighted by Gasteiger charge is -1.97. The van der Waals surface area contributed by atoms with Crippen LogP contribution in [0.15, 0.2) is 54.7 Å². The van der Waals surface area contributed by atoms with Crippen molar-refractivity contribution >= 4 is 5.57 Å². The van der Waals surface area contributed by atoms with Crippen molar-refractivity contribution in [2.45, 2.75) is 0 Å². The molecule has 2 aromatic carbocycles. The number of hydrogen-bond acceptors (Lipinski definition) is 1. The number of fused-ring (bicyclic) bond motifs is 3. The van der Waals surface area contributed by atoms with Crippen LogP contribution in [-0.4, -0.2) is 0 Å². The topological polar surface area (TPSA) is 28.1 Å². The molecular formula is C14H9N2+. The van der Waals surface area contributed by atoms with Crippen LogP contribution in [0.4, 0.5) is 0 Å². The van der Waals surface area contributed by atoms with Crippen LogP contribution in [0.3, 0.4) is 0 Å². The van der Waals surface area contributed by atoms with Crippen LogP contribution in [0.1, 0.15) is 11.1 Å². The van der Waals surface area contributed by atoms with E-state index in [2.05, 4.69) is 17.1 Å². The summed E-state index contributed by atoms with van der Waals surface area (Å²) < 4.78 is 0. The van der Waals surface area contributed by atoms with Gasteiger partial charge in [-0.05, 0) is 22.3 Å². The van der Waals surface area contributed by atoms with Gasteiger partial charge in [0.1, 0.15) is 0 Å². The van der Waals surface area contributed by atoms with E-state index >= 15 is 0 Å². The molecule has 0 saturated carbocycles.